The summed E-state index contributed by atoms with van der Waals surface area (Å²) in [5.74, 6) is 0.778. The molecule has 2 N–H and O–H groups in total. The molecule has 0 atom stereocenters. The molecule has 3 rings (SSSR count). The van der Waals surface area contributed by atoms with Crippen molar-refractivity contribution in [2.24, 2.45) is 0 Å². The topological polar surface area (TPSA) is 58.5 Å². The van der Waals surface area contributed by atoms with Gasteiger partial charge in [0.2, 0.25) is 5.95 Å². The van der Waals surface area contributed by atoms with E-state index in [4.69, 9.17) is 0 Å². The van der Waals surface area contributed by atoms with Crippen molar-refractivity contribution in [2.45, 2.75) is 33.9 Å². The Balaban J connectivity index is 1.83. The summed E-state index contributed by atoms with van der Waals surface area (Å²) in [6, 6.07) is 6.00. The van der Waals surface area contributed by atoms with E-state index in [1.165, 1.54) is 11.3 Å². The fraction of sp³-hybridized carbons (Fsp3) is 0.333. The maximum atomic E-state index is 4.57. The number of hydrogen-bond acceptors (Lipinski definition) is 3. The van der Waals surface area contributed by atoms with Crippen molar-refractivity contribution in [1.29, 1.82) is 0 Å². The Morgan fingerprint density at radius 1 is 1.33 bits per heavy atom. The van der Waals surface area contributed by atoms with Crippen LogP contribution in [0.5, 0.6) is 0 Å². The van der Waals surface area contributed by atoms with Gasteiger partial charge in [-0.1, -0.05) is 6.07 Å². The molecule has 2 aromatic heterocycles. The van der Waals surface area contributed by atoms with E-state index in [0.717, 1.165) is 40.2 Å². The van der Waals surface area contributed by atoms with E-state index in [1.807, 2.05) is 29.8 Å². The van der Waals surface area contributed by atoms with Crippen molar-refractivity contribution in [2.75, 3.05) is 5.32 Å². The van der Waals surface area contributed by atoms with Crippen LogP contribution in [0.1, 0.15) is 23.9 Å². The summed E-state index contributed by atoms with van der Waals surface area (Å²) in [5, 5.41) is 7.89. The summed E-state index contributed by atoms with van der Waals surface area (Å²) >= 11 is 3.52. The first-order valence-electron chi connectivity index (χ1n) is 7.01. The van der Waals surface area contributed by atoms with E-state index in [-0.39, 0.29) is 0 Å². The third-order valence-electron chi connectivity index (χ3n) is 3.73. The fourth-order valence-electron chi connectivity index (χ4n) is 2.55. The third kappa shape index (κ3) is 2.55. The van der Waals surface area contributed by atoms with E-state index in [2.05, 4.69) is 50.2 Å². The van der Waals surface area contributed by atoms with Gasteiger partial charge in [-0.05, 0) is 48.8 Å². The summed E-state index contributed by atoms with van der Waals surface area (Å²) in [6.07, 6.45) is 0. The van der Waals surface area contributed by atoms with Crippen LogP contribution < -0.4 is 5.32 Å². The average molecular weight is 348 g/mol. The zero-order chi connectivity index (χ0) is 15.0. The minimum atomic E-state index is 0.717. The number of fused-ring (bicyclic) bond motifs is 1. The van der Waals surface area contributed by atoms with Crippen molar-refractivity contribution in [3.05, 3.63) is 39.6 Å². The minimum Gasteiger partial charge on any atom is -0.352 e. The number of imidazole rings is 1. The van der Waals surface area contributed by atoms with Gasteiger partial charge in [0, 0.05) is 28.8 Å². The van der Waals surface area contributed by atoms with Gasteiger partial charge in [0.05, 0.1) is 11.2 Å². The van der Waals surface area contributed by atoms with Gasteiger partial charge in [-0.2, -0.15) is 5.10 Å². The van der Waals surface area contributed by atoms with Gasteiger partial charge in [-0.3, -0.25) is 4.68 Å². The van der Waals surface area contributed by atoms with Crippen LogP contribution >= 0.6 is 15.9 Å². The highest BCUT2D eigenvalue weighted by Crippen LogP contribution is 2.23. The second-order valence-electron chi connectivity index (χ2n) is 5.04. The maximum Gasteiger partial charge on any atom is 0.201 e. The van der Waals surface area contributed by atoms with Crippen LogP contribution in [0.3, 0.4) is 0 Å². The molecule has 1 aromatic carbocycles. The van der Waals surface area contributed by atoms with Crippen molar-refractivity contribution in [1.82, 2.24) is 19.7 Å². The molecule has 0 spiro atoms. The number of H-pyrrole nitrogens is 1. The monoisotopic (exact) mass is 347 g/mol. The average Bonchev–Trinajstić information content (AvgIpc) is 2.99. The van der Waals surface area contributed by atoms with Gasteiger partial charge in [0.15, 0.2) is 0 Å². The SMILES string of the molecule is CCn1nc(C)c(CNc2nc3c(Br)cccc3[nH]2)c1C. The van der Waals surface area contributed by atoms with Crippen LogP contribution in [-0.2, 0) is 13.1 Å². The summed E-state index contributed by atoms with van der Waals surface area (Å²) in [5.41, 5.74) is 5.47. The Kier molecular flexibility index (Phi) is 3.71. The van der Waals surface area contributed by atoms with Gasteiger partial charge in [-0.15, -0.1) is 0 Å². The van der Waals surface area contributed by atoms with Crippen molar-refractivity contribution < 1.29 is 0 Å². The Morgan fingerprint density at radius 2 is 2.14 bits per heavy atom. The molecular formula is C15H18BrN5. The van der Waals surface area contributed by atoms with Crippen molar-refractivity contribution in [3.63, 3.8) is 0 Å². The number of anilines is 1. The number of aromatic nitrogens is 4. The molecule has 0 saturated heterocycles. The lowest BCUT2D eigenvalue weighted by molar-refractivity contribution is 0.633. The summed E-state index contributed by atoms with van der Waals surface area (Å²) < 4.78 is 3.03. The molecule has 21 heavy (non-hydrogen) atoms. The quantitative estimate of drug-likeness (QED) is 0.755. The molecule has 2 heterocycles. The number of benzene rings is 1. The number of nitrogens with one attached hydrogen (secondary N) is 2. The highest BCUT2D eigenvalue weighted by atomic mass is 79.9. The van der Waals surface area contributed by atoms with Crippen LogP contribution in [0.25, 0.3) is 11.0 Å². The first-order valence-corrected chi connectivity index (χ1v) is 7.80. The largest absolute Gasteiger partial charge is 0.352 e. The Labute approximate surface area is 131 Å². The van der Waals surface area contributed by atoms with Crippen molar-refractivity contribution >= 4 is 32.9 Å². The second kappa shape index (κ2) is 5.52. The lowest BCUT2D eigenvalue weighted by Crippen LogP contribution is -2.04. The van der Waals surface area contributed by atoms with E-state index < -0.39 is 0 Å². The van der Waals surface area contributed by atoms with Gasteiger partial charge in [-0.25, -0.2) is 4.98 Å². The predicted octanol–water partition coefficient (Wildman–Crippen LogP) is 3.77. The molecule has 0 aliphatic carbocycles. The van der Waals surface area contributed by atoms with E-state index in [1.54, 1.807) is 0 Å². The van der Waals surface area contributed by atoms with Gasteiger partial charge >= 0.3 is 0 Å². The van der Waals surface area contributed by atoms with E-state index >= 15 is 0 Å². The Morgan fingerprint density at radius 3 is 2.81 bits per heavy atom. The number of rotatable bonds is 4. The van der Waals surface area contributed by atoms with Crippen LogP contribution in [-0.4, -0.2) is 19.7 Å². The first-order chi connectivity index (χ1) is 10.1. The fourth-order valence-corrected chi connectivity index (χ4v) is 3.01. The predicted molar refractivity (Wildman–Crippen MR) is 88.5 cm³/mol. The molecule has 6 heteroatoms. The number of nitrogens with zero attached hydrogens (tertiary/aromatic N) is 3. The van der Waals surface area contributed by atoms with E-state index in [0.29, 0.717) is 0 Å². The lowest BCUT2D eigenvalue weighted by Gasteiger charge is -2.04. The Hall–Kier alpha value is -1.82. The van der Waals surface area contributed by atoms with Crippen molar-refractivity contribution in [3.8, 4) is 0 Å². The highest BCUT2D eigenvalue weighted by molar-refractivity contribution is 9.10. The maximum absolute atomic E-state index is 4.57. The molecule has 0 bridgehead atoms. The van der Waals surface area contributed by atoms with Crippen LogP contribution in [0.15, 0.2) is 22.7 Å². The normalized spacial score (nSPS) is 11.2. The number of hydrogen-bond donors (Lipinski definition) is 2. The number of para-hydroxylation sites is 1. The molecule has 0 amide bonds. The van der Waals surface area contributed by atoms with Crippen LogP contribution in [0, 0.1) is 13.8 Å². The summed E-state index contributed by atoms with van der Waals surface area (Å²) in [6.45, 7) is 7.87. The zero-order valence-electron chi connectivity index (χ0n) is 12.4. The molecular weight excluding hydrogens is 330 g/mol. The third-order valence-corrected chi connectivity index (χ3v) is 4.37. The summed E-state index contributed by atoms with van der Waals surface area (Å²) in [7, 11) is 0. The first kappa shape index (κ1) is 14.1. The van der Waals surface area contributed by atoms with Gasteiger partial charge in [0.1, 0.15) is 5.52 Å². The molecule has 0 unspecified atom stereocenters. The number of aryl methyl sites for hydroxylation is 2. The lowest BCUT2D eigenvalue weighted by atomic mass is 10.2. The molecule has 0 saturated carbocycles. The number of aromatic amines is 1. The standard InChI is InChI=1S/C15H18BrN5/c1-4-21-10(3)11(9(2)20-21)8-17-15-18-13-7-5-6-12(16)14(13)19-15/h5-7H,4,8H2,1-3H3,(H2,17,18,19). The van der Waals surface area contributed by atoms with E-state index in [9.17, 15) is 0 Å². The molecule has 0 fully saturated rings. The molecule has 5 nitrogen and oxygen atoms in total. The Bertz CT molecular complexity index is 787. The number of halogens is 1. The second-order valence-corrected chi connectivity index (χ2v) is 5.89. The van der Waals surface area contributed by atoms with Crippen LogP contribution in [0.2, 0.25) is 0 Å². The zero-order valence-corrected chi connectivity index (χ0v) is 14.0. The van der Waals surface area contributed by atoms with Gasteiger partial charge < -0.3 is 10.3 Å². The smallest absolute Gasteiger partial charge is 0.201 e. The molecule has 110 valence electrons. The minimum absolute atomic E-state index is 0.717. The highest BCUT2D eigenvalue weighted by Gasteiger charge is 2.11. The molecule has 0 aliphatic heterocycles. The summed E-state index contributed by atoms with van der Waals surface area (Å²) in [4.78, 5) is 7.86. The van der Waals surface area contributed by atoms with Crippen LogP contribution in [0.4, 0.5) is 5.95 Å². The molecule has 0 aliphatic rings. The molecule has 3 aromatic rings. The van der Waals surface area contributed by atoms with Gasteiger partial charge in [0.25, 0.3) is 0 Å². The molecule has 0 radical (unpaired) electrons.